The van der Waals surface area contributed by atoms with Crippen molar-refractivity contribution in [2.24, 2.45) is 0 Å². The molecule has 1 amide bonds. The Labute approximate surface area is 210 Å². The molecule has 0 saturated heterocycles. The molecule has 0 spiro atoms. The van der Waals surface area contributed by atoms with Crippen LogP contribution in [0.15, 0.2) is 23.5 Å². The summed E-state index contributed by atoms with van der Waals surface area (Å²) in [6, 6.07) is -0.0398. The lowest BCUT2D eigenvalue weighted by atomic mass is 9.87. The van der Waals surface area contributed by atoms with Gasteiger partial charge in [0.2, 0.25) is 0 Å². The van der Waals surface area contributed by atoms with E-state index in [-0.39, 0.29) is 24.3 Å². The Morgan fingerprint density at radius 1 is 1.21 bits per heavy atom. The molecule has 192 valence electrons. The van der Waals surface area contributed by atoms with Crippen molar-refractivity contribution in [1.82, 2.24) is 24.6 Å². The number of allylic oxidation sites excluding steroid dienone is 1. The first-order chi connectivity index (χ1) is 16.2. The number of aromatic nitrogens is 3. The summed E-state index contributed by atoms with van der Waals surface area (Å²) in [5.41, 5.74) is 4.25. The van der Waals surface area contributed by atoms with E-state index >= 15 is 0 Å². The van der Waals surface area contributed by atoms with Gasteiger partial charge in [-0.15, -0.1) is 3.89 Å². The second kappa shape index (κ2) is 14.5. The Kier molecular flexibility index (Phi) is 12.8. The first kappa shape index (κ1) is 30.1. The molecular formula is C26H44FN5OS. The van der Waals surface area contributed by atoms with Crippen LogP contribution < -0.4 is 10.6 Å². The van der Waals surface area contributed by atoms with E-state index in [0.29, 0.717) is 16.7 Å². The third kappa shape index (κ3) is 7.80. The van der Waals surface area contributed by atoms with E-state index in [1.165, 1.54) is 34.2 Å². The number of nitrogens with one attached hydrogen (secondary N) is 2. The van der Waals surface area contributed by atoms with Crippen LogP contribution in [0.3, 0.4) is 0 Å². The largest absolute Gasteiger partial charge is 0.347 e. The molecule has 2 aromatic heterocycles. The molecule has 0 aromatic carbocycles. The fourth-order valence-electron chi connectivity index (χ4n) is 3.91. The summed E-state index contributed by atoms with van der Waals surface area (Å²) in [6.45, 7) is 18.9. The van der Waals surface area contributed by atoms with Crippen LogP contribution in [0.1, 0.15) is 117 Å². The van der Waals surface area contributed by atoms with Crippen molar-refractivity contribution >= 4 is 29.4 Å². The zero-order chi connectivity index (χ0) is 25.9. The van der Waals surface area contributed by atoms with E-state index in [1.54, 1.807) is 6.20 Å². The van der Waals surface area contributed by atoms with Gasteiger partial charge in [-0.1, -0.05) is 40.2 Å². The predicted molar refractivity (Wildman–Crippen MR) is 144 cm³/mol. The SMILES string of the molecule is CC.CC.CCCNC(C1=C(C)CCCC1)c1cnc2c(n1)c(C(=O)NC(C)(C)C)cn2SF. The lowest BCUT2D eigenvalue weighted by Crippen LogP contribution is -2.40. The molecule has 0 fully saturated rings. The maximum Gasteiger partial charge on any atom is 0.255 e. The van der Waals surface area contributed by atoms with Crippen LogP contribution in [0.4, 0.5) is 3.89 Å². The molecule has 1 aliphatic carbocycles. The number of fused-ring (bicyclic) bond motifs is 1. The smallest absolute Gasteiger partial charge is 0.255 e. The highest BCUT2D eigenvalue weighted by Crippen LogP contribution is 2.34. The molecule has 6 nitrogen and oxygen atoms in total. The Hall–Kier alpha value is -1.93. The van der Waals surface area contributed by atoms with Gasteiger partial charge in [0.25, 0.3) is 5.91 Å². The first-order valence-corrected chi connectivity index (χ1v) is 13.3. The van der Waals surface area contributed by atoms with E-state index in [1.807, 2.05) is 48.5 Å². The topological polar surface area (TPSA) is 71.8 Å². The molecule has 8 heteroatoms. The zero-order valence-corrected chi connectivity index (χ0v) is 23.3. The van der Waals surface area contributed by atoms with Crippen LogP contribution in [-0.2, 0) is 0 Å². The molecule has 1 atom stereocenters. The van der Waals surface area contributed by atoms with E-state index in [4.69, 9.17) is 4.98 Å². The number of hydrogen-bond acceptors (Lipinski definition) is 5. The van der Waals surface area contributed by atoms with Gasteiger partial charge in [-0.25, -0.2) is 13.9 Å². The van der Waals surface area contributed by atoms with Gasteiger partial charge in [0.05, 0.1) is 23.5 Å². The minimum absolute atomic E-state index is 0.0203. The Morgan fingerprint density at radius 2 is 1.85 bits per heavy atom. The van der Waals surface area contributed by atoms with Gasteiger partial charge in [-0.05, 0) is 71.9 Å². The minimum Gasteiger partial charge on any atom is -0.347 e. The summed E-state index contributed by atoms with van der Waals surface area (Å²) in [5, 5.41) is 6.55. The maximum atomic E-state index is 13.5. The van der Waals surface area contributed by atoms with Crippen LogP contribution >= 0.6 is 12.3 Å². The monoisotopic (exact) mass is 493 g/mol. The normalized spacial score (nSPS) is 14.6. The molecule has 2 heterocycles. The van der Waals surface area contributed by atoms with Gasteiger partial charge in [-0.3, -0.25) is 4.79 Å². The van der Waals surface area contributed by atoms with E-state index in [0.717, 1.165) is 31.5 Å². The molecule has 0 saturated carbocycles. The van der Waals surface area contributed by atoms with E-state index in [9.17, 15) is 8.68 Å². The van der Waals surface area contributed by atoms with Crippen molar-refractivity contribution in [3.05, 3.63) is 34.8 Å². The molecule has 0 radical (unpaired) electrons. The lowest BCUT2D eigenvalue weighted by Gasteiger charge is -2.27. The predicted octanol–water partition coefficient (Wildman–Crippen LogP) is 7.32. The van der Waals surface area contributed by atoms with Crippen LogP contribution in [0.25, 0.3) is 11.2 Å². The van der Waals surface area contributed by atoms with Crippen molar-refractivity contribution in [2.45, 2.75) is 106 Å². The van der Waals surface area contributed by atoms with Crippen LogP contribution in [-0.4, -0.2) is 31.9 Å². The number of hydrogen-bond donors (Lipinski definition) is 2. The van der Waals surface area contributed by atoms with E-state index < -0.39 is 5.54 Å². The van der Waals surface area contributed by atoms with Crippen LogP contribution in [0, 0.1) is 0 Å². The van der Waals surface area contributed by atoms with Gasteiger partial charge >= 0.3 is 0 Å². The lowest BCUT2D eigenvalue weighted by molar-refractivity contribution is 0.0921. The number of carbonyl (C=O) groups excluding carboxylic acids is 1. The third-order valence-corrected chi connectivity index (χ3v) is 5.76. The van der Waals surface area contributed by atoms with Gasteiger partial charge in [0, 0.05) is 11.7 Å². The average molecular weight is 494 g/mol. The number of rotatable bonds is 7. The molecule has 3 rings (SSSR count). The minimum atomic E-state index is -0.408. The molecule has 2 aromatic rings. The highest BCUT2D eigenvalue weighted by molar-refractivity contribution is 7.92. The summed E-state index contributed by atoms with van der Waals surface area (Å²) in [6.07, 6.45) is 8.71. The molecule has 2 N–H and O–H groups in total. The van der Waals surface area contributed by atoms with Gasteiger partial charge in [0.1, 0.15) is 5.52 Å². The summed E-state index contributed by atoms with van der Waals surface area (Å²) in [7, 11) is 0. The highest BCUT2D eigenvalue weighted by Gasteiger charge is 2.26. The van der Waals surface area contributed by atoms with Crippen molar-refractivity contribution in [2.75, 3.05) is 6.54 Å². The maximum absolute atomic E-state index is 13.5. The zero-order valence-electron chi connectivity index (χ0n) is 22.5. The van der Waals surface area contributed by atoms with Gasteiger partial charge in [-0.2, -0.15) is 0 Å². The molecule has 1 aliphatic rings. The quantitative estimate of drug-likeness (QED) is 0.395. The second-order valence-corrected chi connectivity index (χ2v) is 9.54. The Morgan fingerprint density at radius 3 is 2.41 bits per heavy atom. The molecule has 0 bridgehead atoms. The van der Waals surface area contributed by atoms with Crippen molar-refractivity contribution in [1.29, 1.82) is 0 Å². The number of carbonyl (C=O) groups is 1. The number of nitrogens with zero attached hydrogens (tertiary/aromatic N) is 3. The van der Waals surface area contributed by atoms with Crippen molar-refractivity contribution in [3.63, 3.8) is 0 Å². The van der Waals surface area contributed by atoms with E-state index in [2.05, 4.69) is 29.5 Å². The first-order valence-electron chi connectivity index (χ1n) is 12.7. The third-order valence-electron chi connectivity index (χ3n) is 5.33. The summed E-state index contributed by atoms with van der Waals surface area (Å²) in [5.74, 6) is -0.280. The van der Waals surface area contributed by atoms with Crippen molar-refractivity contribution < 1.29 is 8.68 Å². The number of halogens is 1. The van der Waals surface area contributed by atoms with Gasteiger partial charge < -0.3 is 10.6 Å². The fraction of sp³-hybridized carbons (Fsp3) is 0.654. The Balaban J connectivity index is 0.00000137. The van der Waals surface area contributed by atoms with Crippen molar-refractivity contribution in [3.8, 4) is 0 Å². The summed E-state index contributed by atoms with van der Waals surface area (Å²) >= 11 is 0.0203. The van der Waals surface area contributed by atoms with Gasteiger partial charge in [0.15, 0.2) is 18.0 Å². The second-order valence-electron chi connectivity index (χ2n) is 9.01. The molecule has 34 heavy (non-hydrogen) atoms. The number of amides is 1. The standard InChI is InChI=1S/C22H32FN5OS.2C2H6/c1-6-11-24-18(15-10-8-7-9-14(15)2)17-12-25-20-19(26-17)16(13-28(20)30-23)21(29)27-22(3,4)5;2*1-2/h12-13,18,24H,6-11H2,1-5H3,(H,27,29);2*1-2H3. The molecule has 0 aliphatic heterocycles. The molecule has 1 unspecified atom stereocenters. The molecular weight excluding hydrogens is 449 g/mol. The van der Waals surface area contributed by atoms with Crippen LogP contribution in [0.2, 0.25) is 0 Å². The average Bonchev–Trinajstić information content (AvgIpc) is 3.20. The Bertz CT molecular complexity index is 949. The summed E-state index contributed by atoms with van der Waals surface area (Å²) in [4.78, 5) is 22.2. The fourth-order valence-corrected chi connectivity index (χ4v) is 4.25. The highest BCUT2D eigenvalue weighted by atomic mass is 32.2. The van der Waals surface area contributed by atoms with Crippen LogP contribution in [0.5, 0.6) is 0 Å². The summed E-state index contributed by atoms with van der Waals surface area (Å²) < 4.78 is 14.8.